The maximum atomic E-state index is 11.5. The predicted molar refractivity (Wildman–Crippen MR) is 78.4 cm³/mol. The van der Waals surface area contributed by atoms with Gasteiger partial charge in [0.05, 0.1) is 6.42 Å². The van der Waals surface area contributed by atoms with E-state index in [1.807, 2.05) is 0 Å². The molecule has 110 valence electrons. The number of hydrogen-bond donors (Lipinski definition) is 3. The van der Waals surface area contributed by atoms with Gasteiger partial charge < -0.3 is 15.7 Å². The summed E-state index contributed by atoms with van der Waals surface area (Å²) in [4.78, 5) is 22.0. The van der Waals surface area contributed by atoms with Crippen LogP contribution in [0.5, 0.6) is 0 Å². The van der Waals surface area contributed by atoms with Crippen molar-refractivity contribution in [1.29, 1.82) is 0 Å². The maximum absolute atomic E-state index is 11.5. The summed E-state index contributed by atoms with van der Waals surface area (Å²) in [5.41, 5.74) is 0.884. The number of aliphatic carboxylic acids is 1. The van der Waals surface area contributed by atoms with Gasteiger partial charge in [-0.15, -0.1) is 0 Å². The molecule has 0 saturated carbocycles. The number of halogens is 2. The Kier molecular flexibility index (Phi) is 6.61. The molecule has 1 aromatic rings. The lowest BCUT2D eigenvalue weighted by atomic mass is 10.1. The van der Waals surface area contributed by atoms with Crippen molar-refractivity contribution in [3.8, 4) is 0 Å². The number of urea groups is 1. The molecule has 3 N–H and O–H groups in total. The molecular formula is C13H16Cl2N2O3. The first-order chi connectivity index (χ1) is 9.38. The quantitative estimate of drug-likeness (QED) is 0.754. The molecule has 0 aliphatic heterocycles. The van der Waals surface area contributed by atoms with Crippen LogP contribution in [0.3, 0.4) is 0 Å². The maximum Gasteiger partial charge on any atom is 0.315 e. The van der Waals surface area contributed by atoms with Gasteiger partial charge in [-0.25, -0.2) is 4.79 Å². The van der Waals surface area contributed by atoms with Crippen molar-refractivity contribution in [2.75, 3.05) is 6.54 Å². The summed E-state index contributed by atoms with van der Waals surface area (Å²) in [6.45, 7) is 2.02. The number of carbonyl (C=O) groups is 2. The zero-order chi connectivity index (χ0) is 15.1. The minimum Gasteiger partial charge on any atom is -0.481 e. The summed E-state index contributed by atoms with van der Waals surface area (Å²) in [7, 11) is 0. The lowest BCUT2D eigenvalue weighted by Gasteiger charge is -2.13. The van der Waals surface area contributed by atoms with Crippen LogP contribution in [0.25, 0.3) is 0 Å². The SMILES string of the molecule is CC(CC(=O)O)NC(=O)NCCc1ccc(Cl)cc1Cl. The second-order valence-corrected chi connectivity index (χ2v) is 5.23. The zero-order valence-electron chi connectivity index (χ0n) is 11.0. The molecule has 0 heterocycles. The molecule has 5 nitrogen and oxygen atoms in total. The lowest BCUT2D eigenvalue weighted by Crippen LogP contribution is -2.42. The number of rotatable bonds is 6. The van der Waals surface area contributed by atoms with Crippen LogP contribution in [0.1, 0.15) is 18.9 Å². The average Bonchev–Trinajstić information content (AvgIpc) is 2.30. The molecule has 0 aliphatic carbocycles. The third-order valence-electron chi connectivity index (χ3n) is 2.55. The molecule has 0 aliphatic rings. The smallest absolute Gasteiger partial charge is 0.315 e. The average molecular weight is 319 g/mol. The van der Waals surface area contributed by atoms with E-state index in [-0.39, 0.29) is 6.42 Å². The number of carboxylic acid groups (broad SMARTS) is 1. The summed E-state index contributed by atoms with van der Waals surface area (Å²) in [5, 5.41) is 14.9. The highest BCUT2D eigenvalue weighted by Gasteiger charge is 2.10. The summed E-state index contributed by atoms with van der Waals surface area (Å²) in [6, 6.07) is 4.36. The van der Waals surface area contributed by atoms with Gasteiger partial charge >= 0.3 is 12.0 Å². The molecule has 1 atom stereocenters. The highest BCUT2D eigenvalue weighted by atomic mass is 35.5. The summed E-state index contributed by atoms with van der Waals surface area (Å²) >= 11 is 11.8. The first-order valence-corrected chi connectivity index (χ1v) is 6.84. The van der Waals surface area contributed by atoms with Crippen LogP contribution >= 0.6 is 23.2 Å². The Morgan fingerprint density at radius 3 is 2.65 bits per heavy atom. The Morgan fingerprint density at radius 1 is 1.35 bits per heavy atom. The summed E-state index contributed by atoms with van der Waals surface area (Å²) < 4.78 is 0. The van der Waals surface area contributed by atoms with E-state index in [1.165, 1.54) is 0 Å². The summed E-state index contributed by atoms with van der Waals surface area (Å²) in [6.07, 6.45) is 0.452. The number of carboxylic acids is 1. The second kappa shape index (κ2) is 7.97. The van der Waals surface area contributed by atoms with Crippen molar-refractivity contribution in [3.63, 3.8) is 0 Å². The Balaban J connectivity index is 2.33. The van der Waals surface area contributed by atoms with Gasteiger partial charge in [0.25, 0.3) is 0 Å². The van der Waals surface area contributed by atoms with Gasteiger partial charge in [0.2, 0.25) is 0 Å². The predicted octanol–water partition coefficient (Wildman–Crippen LogP) is 2.70. The summed E-state index contributed by atoms with van der Waals surface area (Å²) in [5.74, 6) is -0.953. The Labute approximate surface area is 127 Å². The van der Waals surface area contributed by atoms with Gasteiger partial charge in [-0.05, 0) is 31.0 Å². The van der Waals surface area contributed by atoms with E-state index >= 15 is 0 Å². The number of hydrogen-bond acceptors (Lipinski definition) is 2. The van der Waals surface area contributed by atoms with Crippen molar-refractivity contribution in [1.82, 2.24) is 10.6 Å². The Morgan fingerprint density at radius 2 is 2.05 bits per heavy atom. The molecular weight excluding hydrogens is 303 g/mol. The molecule has 20 heavy (non-hydrogen) atoms. The van der Waals surface area contributed by atoms with Gasteiger partial charge in [-0.1, -0.05) is 29.3 Å². The van der Waals surface area contributed by atoms with E-state index in [0.717, 1.165) is 5.56 Å². The normalized spacial score (nSPS) is 11.8. The van der Waals surface area contributed by atoms with E-state index in [2.05, 4.69) is 10.6 Å². The van der Waals surface area contributed by atoms with Crippen molar-refractivity contribution in [2.24, 2.45) is 0 Å². The van der Waals surface area contributed by atoms with Crippen LogP contribution in [0.15, 0.2) is 18.2 Å². The molecule has 1 unspecified atom stereocenters. The fourth-order valence-corrected chi connectivity index (χ4v) is 2.13. The van der Waals surface area contributed by atoms with Crippen LogP contribution in [0.4, 0.5) is 4.79 Å². The van der Waals surface area contributed by atoms with Crippen molar-refractivity contribution >= 4 is 35.2 Å². The minimum absolute atomic E-state index is 0.115. The molecule has 0 radical (unpaired) electrons. The number of carbonyl (C=O) groups excluding carboxylic acids is 1. The minimum atomic E-state index is -0.953. The lowest BCUT2D eigenvalue weighted by molar-refractivity contribution is -0.137. The third kappa shape index (κ3) is 6.12. The highest BCUT2D eigenvalue weighted by molar-refractivity contribution is 6.35. The molecule has 0 bridgehead atoms. The Hall–Kier alpha value is -1.46. The van der Waals surface area contributed by atoms with Gasteiger partial charge in [-0.2, -0.15) is 0 Å². The molecule has 0 saturated heterocycles. The van der Waals surface area contributed by atoms with E-state index in [4.69, 9.17) is 28.3 Å². The first-order valence-electron chi connectivity index (χ1n) is 6.08. The van der Waals surface area contributed by atoms with E-state index in [0.29, 0.717) is 23.0 Å². The van der Waals surface area contributed by atoms with Crippen molar-refractivity contribution < 1.29 is 14.7 Å². The molecule has 0 aromatic heterocycles. The third-order valence-corrected chi connectivity index (χ3v) is 3.14. The van der Waals surface area contributed by atoms with Crippen LogP contribution in [-0.2, 0) is 11.2 Å². The molecule has 1 rings (SSSR count). The topological polar surface area (TPSA) is 78.4 Å². The van der Waals surface area contributed by atoms with Crippen molar-refractivity contribution in [2.45, 2.75) is 25.8 Å². The van der Waals surface area contributed by atoms with Gasteiger partial charge in [0.1, 0.15) is 0 Å². The Bertz CT molecular complexity index is 495. The zero-order valence-corrected chi connectivity index (χ0v) is 12.5. The fourth-order valence-electron chi connectivity index (χ4n) is 1.62. The molecule has 0 spiro atoms. The van der Waals surface area contributed by atoms with Gasteiger partial charge in [0, 0.05) is 22.6 Å². The number of amides is 2. The largest absolute Gasteiger partial charge is 0.481 e. The first kappa shape index (κ1) is 16.6. The van der Waals surface area contributed by atoms with Crippen LogP contribution in [0.2, 0.25) is 10.0 Å². The molecule has 2 amide bonds. The van der Waals surface area contributed by atoms with Gasteiger partial charge in [0.15, 0.2) is 0 Å². The number of benzene rings is 1. The fraction of sp³-hybridized carbons (Fsp3) is 0.385. The van der Waals surface area contributed by atoms with Crippen LogP contribution < -0.4 is 10.6 Å². The van der Waals surface area contributed by atoms with Crippen LogP contribution in [0, 0.1) is 0 Å². The molecule has 0 fully saturated rings. The van der Waals surface area contributed by atoms with Crippen molar-refractivity contribution in [3.05, 3.63) is 33.8 Å². The molecule has 1 aromatic carbocycles. The van der Waals surface area contributed by atoms with E-state index in [9.17, 15) is 9.59 Å². The highest BCUT2D eigenvalue weighted by Crippen LogP contribution is 2.20. The number of nitrogens with one attached hydrogen (secondary N) is 2. The second-order valence-electron chi connectivity index (χ2n) is 4.38. The monoisotopic (exact) mass is 318 g/mol. The standard InChI is InChI=1S/C13H16Cl2N2O3/c1-8(6-12(18)19)17-13(20)16-5-4-9-2-3-10(14)7-11(9)15/h2-3,7-8H,4-6H2,1H3,(H,18,19)(H2,16,17,20). The molecule has 7 heteroatoms. The van der Waals surface area contributed by atoms with E-state index < -0.39 is 18.0 Å². The van der Waals surface area contributed by atoms with E-state index in [1.54, 1.807) is 25.1 Å². The van der Waals surface area contributed by atoms with Gasteiger partial charge in [-0.3, -0.25) is 4.79 Å². The van der Waals surface area contributed by atoms with Crippen LogP contribution in [-0.4, -0.2) is 29.7 Å².